The molecule has 1 aromatic carbocycles. The Bertz CT molecular complexity index is 620. The zero-order valence-electron chi connectivity index (χ0n) is 13.0. The van der Waals surface area contributed by atoms with Crippen LogP contribution in [0.2, 0.25) is 0 Å². The summed E-state index contributed by atoms with van der Waals surface area (Å²) in [7, 11) is -3.71. The highest BCUT2D eigenvalue weighted by Crippen LogP contribution is 2.31. The summed E-state index contributed by atoms with van der Waals surface area (Å²) >= 11 is 0. The van der Waals surface area contributed by atoms with Gasteiger partial charge in [-0.15, -0.1) is 0 Å². The monoisotopic (exact) mass is 325 g/mol. The summed E-state index contributed by atoms with van der Waals surface area (Å²) in [5, 5.41) is 7.90. The Kier molecular flexibility index (Phi) is 5.08. The molecule has 0 bridgehead atoms. The molecule has 0 radical (unpaired) electrons. The molecule has 0 spiro atoms. The third-order valence-electron chi connectivity index (χ3n) is 3.94. The van der Waals surface area contributed by atoms with E-state index < -0.39 is 10.0 Å². The van der Waals surface area contributed by atoms with Gasteiger partial charge in [0, 0.05) is 17.8 Å². The molecular formula is C15H23N3O3S. The Morgan fingerprint density at radius 3 is 2.23 bits per heavy atom. The van der Waals surface area contributed by atoms with Crippen molar-refractivity contribution in [3.8, 4) is 0 Å². The molecule has 0 aromatic heterocycles. The van der Waals surface area contributed by atoms with E-state index in [2.05, 4.69) is 19.2 Å². The molecule has 0 atom stereocenters. The minimum Gasteiger partial charge on any atom is -0.319 e. The lowest BCUT2D eigenvalue weighted by Crippen LogP contribution is -2.44. The van der Waals surface area contributed by atoms with Crippen LogP contribution >= 0.6 is 0 Å². The number of urea groups is 1. The number of nitrogens with one attached hydrogen (secondary N) is 1. The molecular weight excluding hydrogens is 302 g/mol. The van der Waals surface area contributed by atoms with Gasteiger partial charge in [0.25, 0.3) is 0 Å². The largest absolute Gasteiger partial charge is 0.322 e. The molecule has 0 saturated heterocycles. The predicted octanol–water partition coefficient (Wildman–Crippen LogP) is 2.52. The van der Waals surface area contributed by atoms with Crippen LogP contribution in [0.25, 0.3) is 0 Å². The molecule has 1 aliphatic carbocycles. The van der Waals surface area contributed by atoms with E-state index in [0.29, 0.717) is 11.7 Å². The van der Waals surface area contributed by atoms with Crippen molar-refractivity contribution in [3.05, 3.63) is 24.3 Å². The summed E-state index contributed by atoms with van der Waals surface area (Å²) in [4.78, 5) is 14.5. The van der Waals surface area contributed by atoms with Crippen molar-refractivity contribution < 1.29 is 13.2 Å². The number of anilines is 1. The van der Waals surface area contributed by atoms with E-state index in [-0.39, 0.29) is 17.0 Å². The molecule has 2 rings (SSSR count). The first kappa shape index (κ1) is 16.8. The molecule has 22 heavy (non-hydrogen) atoms. The standard InChI is InChI=1S/C15H23N3O3S/c1-3-12(4-2)18(13-7-8-13)15(19)17-11-5-9-14(10-6-11)22(16,20)21/h5-6,9-10,12-13H,3-4,7-8H2,1-2H3,(H,17,19)(H2,16,20,21). The van der Waals surface area contributed by atoms with Gasteiger partial charge >= 0.3 is 6.03 Å². The maximum absolute atomic E-state index is 12.5. The quantitative estimate of drug-likeness (QED) is 0.841. The maximum Gasteiger partial charge on any atom is 0.322 e. The first-order chi connectivity index (χ1) is 10.4. The van der Waals surface area contributed by atoms with Crippen LogP contribution in [0.15, 0.2) is 29.2 Å². The number of amides is 2. The second-order valence-corrected chi connectivity index (χ2v) is 7.17. The lowest BCUT2D eigenvalue weighted by atomic mass is 10.1. The smallest absolute Gasteiger partial charge is 0.319 e. The van der Waals surface area contributed by atoms with Crippen molar-refractivity contribution in [3.63, 3.8) is 0 Å². The molecule has 3 N–H and O–H groups in total. The van der Waals surface area contributed by atoms with Crippen LogP contribution in [0.3, 0.4) is 0 Å². The molecule has 0 aliphatic heterocycles. The van der Waals surface area contributed by atoms with Gasteiger partial charge in [0.05, 0.1) is 4.90 Å². The number of nitrogens with two attached hydrogens (primary N) is 1. The maximum atomic E-state index is 12.5. The zero-order chi connectivity index (χ0) is 16.3. The number of rotatable bonds is 6. The van der Waals surface area contributed by atoms with Crippen molar-refractivity contribution in [1.82, 2.24) is 4.90 Å². The van der Waals surface area contributed by atoms with Gasteiger partial charge in [0.1, 0.15) is 0 Å². The van der Waals surface area contributed by atoms with Gasteiger partial charge < -0.3 is 10.2 Å². The summed E-state index contributed by atoms with van der Waals surface area (Å²) in [6, 6.07) is 6.32. The molecule has 1 saturated carbocycles. The van der Waals surface area contributed by atoms with Gasteiger partial charge in [-0.05, 0) is 49.9 Å². The van der Waals surface area contributed by atoms with Crippen LogP contribution in [0.5, 0.6) is 0 Å². The Hall–Kier alpha value is -1.60. The van der Waals surface area contributed by atoms with Gasteiger partial charge in [-0.2, -0.15) is 0 Å². The van der Waals surface area contributed by atoms with Crippen molar-refractivity contribution in [1.29, 1.82) is 0 Å². The average molecular weight is 325 g/mol. The van der Waals surface area contributed by atoms with Gasteiger partial charge in [-0.1, -0.05) is 13.8 Å². The van der Waals surface area contributed by atoms with E-state index in [1.807, 2.05) is 4.90 Å². The fraction of sp³-hybridized carbons (Fsp3) is 0.533. The van der Waals surface area contributed by atoms with Crippen LogP contribution in [0.4, 0.5) is 10.5 Å². The first-order valence-corrected chi connectivity index (χ1v) is 9.13. The van der Waals surface area contributed by atoms with E-state index in [0.717, 1.165) is 25.7 Å². The van der Waals surface area contributed by atoms with Gasteiger partial charge in [-0.25, -0.2) is 18.4 Å². The Labute approximate surface area is 131 Å². The van der Waals surface area contributed by atoms with Gasteiger partial charge in [0.2, 0.25) is 10.0 Å². The third kappa shape index (κ3) is 3.98. The summed E-state index contributed by atoms with van der Waals surface area (Å²) in [6.45, 7) is 4.16. The summed E-state index contributed by atoms with van der Waals surface area (Å²) < 4.78 is 22.4. The minimum atomic E-state index is -3.71. The fourth-order valence-electron chi connectivity index (χ4n) is 2.58. The fourth-order valence-corrected chi connectivity index (χ4v) is 3.10. The summed E-state index contributed by atoms with van der Waals surface area (Å²) in [5.74, 6) is 0. The molecule has 2 amide bonds. The van der Waals surface area contributed by atoms with E-state index in [1.165, 1.54) is 12.1 Å². The topological polar surface area (TPSA) is 92.5 Å². The summed E-state index contributed by atoms with van der Waals surface area (Å²) in [5.41, 5.74) is 0.564. The molecule has 122 valence electrons. The molecule has 1 aromatic rings. The van der Waals surface area contributed by atoms with E-state index in [9.17, 15) is 13.2 Å². The lowest BCUT2D eigenvalue weighted by molar-refractivity contribution is 0.178. The first-order valence-electron chi connectivity index (χ1n) is 7.59. The van der Waals surface area contributed by atoms with Crippen molar-refractivity contribution >= 4 is 21.7 Å². The second kappa shape index (κ2) is 6.66. The number of primary sulfonamides is 1. The second-order valence-electron chi connectivity index (χ2n) is 5.61. The van der Waals surface area contributed by atoms with Crippen molar-refractivity contribution in [2.75, 3.05) is 5.32 Å². The van der Waals surface area contributed by atoms with Crippen LogP contribution in [-0.4, -0.2) is 31.4 Å². The van der Waals surface area contributed by atoms with Crippen molar-refractivity contribution in [2.24, 2.45) is 5.14 Å². The highest BCUT2D eigenvalue weighted by molar-refractivity contribution is 7.89. The number of hydrogen-bond donors (Lipinski definition) is 2. The van der Waals surface area contributed by atoms with E-state index >= 15 is 0 Å². The zero-order valence-corrected chi connectivity index (χ0v) is 13.8. The molecule has 6 nitrogen and oxygen atoms in total. The number of benzene rings is 1. The number of carbonyl (C=O) groups is 1. The van der Waals surface area contributed by atoms with Crippen LogP contribution in [-0.2, 0) is 10.0 Å². The molecule has 1 fully saturated rings. The normalized spacial score (nSPS) is 14.9. The molecule has 0 heterocycles. The number of nitrogens with zero attached hydrogens (tertiary/aromatic N) is 1. The van der Waals surface area contributed by atoms with Gasteiger partial charge in [-0.3, -0.25) is 0 Å². The highest BCUT2D eigenvalue weighted by Gasteiger charge is 2.36. The molecule has 1 aliphatic rings. The van der Waals surface area contributed by atoms with Gasteiger partial charge in [0.15, 0.2) is 0 Å². The van der Waals surface area contributed by atoms with E-state index in [4.69, 9.17) is 5.14 Å². The number of sulfonamides is 1. The van der Waals surface area contributed by atoms with Crippen LogP contribution in [0.1, 0.15) is 39.5 Å². The third-order valence-corrected chi connectivity index (χ3v) is 4.87. The average Bonchev–Trinajstić information content (AvgIpc) is 3.28. The molecule has 0 unspecified atom stereocenters. The number of carbonyl (C=O) groups excluding carboxylic acids is 1. The predicted molar refractivity (Wildman–Crippen MR) is 86.1 cm³/mol. The minimum absolute atomic E-state index is 0.0320. The van der Waals surface area contributed by atoms with Crippen molar-refractivity contribution in [2.45, 2.75) is 56.5 Å². The van der Waals surface area contributed by atoms with Crippen LogP contribution in [0, 0.1) is 0 Å². The van der Waals surface area contributed by atoms with Crippen LogP contribution < -0.4 is 10.5 Å². The Balaban J connectivity index is 2.09. The van der Waals surface area contributed by atoms with E-state index in [1.54, 1.807) is 12.1 Å². The Morgan fingerprint density at radius 2 is 1.82 bits per heavy atom. The lowest BCUT2D eigenvalue weighted by Gasteiger charge is -2.30. The highest BCUT2D eigenvalue weighted by atomic mass is 32.2. The SMILES string of the molecule is CCC(CC)N(C(=O)Nc1ccc(S(N)(=O)=O)cc1)C1CC1. The molecule has 7 heteroatoms. The summed E-state index contributed by atoms with van der Waals surface area (Å²) in [6.07, 6.45) is 3.94. The number of hydrogen-bond acceptors (Lipinski definition) is 3. The Morgan fingerprint density at radius 1 is 1.27 bits per heavy atom.